The molecule has 0 radical (unpaired) electrons. The van der Waals surface area contributed by atoms with Gasteiger partial charge in [0, 0.05) is 12.3 Å². The summed E-state index contributed by atoms with van der Waals surface area (Å²) in [5.74, 6) is 0.717. The molecule has 1 aliphatic rings. The molecule has 22 heavy (non-hydrogen) atoms. The van der Waals surface area contributed by atoms with Gasteiger partial charge in [-0.05, 0) is 23.4 Å². The third kappa shape index (κ3) is 2.71. The number of rotatable bonds is 3. The number of hydrogen-bond acceptors (Lipinski definition) is 5. The van der Waals surface area contributed by atoms with Crippen molar-refractivity contribution in [2.75, 3.05) is 11.1 Å². The van der Waals surface area contributed by atoms with E-state index in [1.54, 1.807) is 24.3 Å². The number of phenolic OH excluding ortho intramolecular Hbond substituents is 1. The minimum absolute atomic E-state index is 0.144. The lowest BCUT2D eigenvalue weighted by atomic mass is 9.87. The molecular formula is C15H15N3O3S. The summed E-state index contributed by atoms with van der Waals surface area (Å²) in [5.41, 5.74) is 1.03. The normalized spacial score (nSPS) is 17.0. The van der Waals surface area contributed by atoms with Crippen molar-refractivity contribution in [3.63, 3.8) is 0 Å². The van der Waals surface area contributed by atoms with E-state index in [0.717, 1.165) is 11.3 Å². The van der Waals surface area contributed by atoms with Crippen LogP contribution in [-0.4, -0.2) is 26.7 Å². The lowest BCUT2D eigenvalue weighted by Crippen LogP contribution is -2.31. The first kappa shape index (κ1) is 14.6. The molecule has 1 unspecified atom stereocenters. The standard InChI is InChI=1S/C15H15N3O3S/c1-2-22-15-17-13-12(14(21)18-15)10(7-11(20)16-13)8-3-5-9(19)6-4-8/h3-6,10,19H,2,7H2,1H3,(H2,16,17,18,20,21). The fourth-order valence-corrected chi connectivity index (χ4v) is 3.14. The summed E-state index contributed by atoms with van der Waals surface area (Å²) in [6, 6.07) is 6.53. The number of phenols is 1. The first-order valence-corrected chi connectivity index (χ1v) is 7.93. The van der Waals surface area contributed by atoms with Gasteiger partial charge in [0.2, 0.25) is 5.91 Å². The van der Waals surface area contributed by atoms with Gasteiger partial charge in [-0.2, -0.15) is 0 Å². The van der Waals surface area contributed by atoms with Crippen molar-refractivity contribution in [2.45, 2.75) is 24.4 Å². The van der Waals surface area contributed by atoms with Crippen LogP contribution in [0, 0.1) is 0 Å². The summed E-state index contributed by atoms with van der Waals surface area (Å²) in [5, 5.41) is 12.6. The predicted octanol–water partition coefficient (Wildman–Crippen LogP) is 2.06. The minimum atomic E-state index is -0.360. The van der Waals surface area contributed by atoms with Gasteiger partial charge in [-0.25, -0.2) is 4.98 Å². The van der Waals surface area contributed by atoms with E-state index in [0.29, 0.717) is 16.5 Å². The molecule has 0 fully saturated rings. The molecule has 0 aliphatic carbocycles. The van der Waals surface area contributed by atoms with Gasteiger partial charge in [0.05, 0.1) is 5.56 Å². The van der Waals surface area contributed by atoms with E-state index in [-0.39, 0.29) is 29.6 Å². The highest BCUT2D eigenvalue weighted by Crippen LogP contribution is 2.34. The van der Waals surface area contributed by atoms with E-state index >= 15 is 0 Å². The fraction of sp³-hybridized carbons (Fsp3) is 0.267. The van der Waals surface area contributed by atoms with Crippen molar-refractivity contribution in [3.8, 4) is 5.75 Å². The fourth-order valence-electron chi connectivity index (χ4n) is 2.55. The third-order valence-corrected chi connectivity index (χ3v) is 4.26. The van der Waals surface area contributed by atoms with Gasteiger partial charge in [0.15, 0.2) is 5.16 Å². The van der Waals surface area contributed by atoms with Crippen LogP contribution in [0.5, 0.6) is 5.75 Å². The molecule has 1 aliphatic heterocycles. The van der Waals surface area contributed by atoms with Gasteiger partial charge in [0.1, 0.15) is 11.6 Å². The Bertz CT molecular complexity index is 771. The summed E-state index contributed by atoms with van der Waals surface area (Å²) < 4.78 is 0. The maximum atomic E-state index is 12.4. The number of fused-ring (bicyclic) bond motifs is 1. The number of nitrogens with one attached hydrogen (secondary N) is 2. The quantitative estimate of drug-likeness (QED) is 0.595. The molecule has 6 nitrogen and oxygen atoms in total. The number of amides is 1. The van der Waals surface area contributed by atoms with Crippen LogP contribution >= 0.6 is 11.8 Å². The number of carbonyl (C=O) groups excluding carboxylic acids is 1. The van der Waals surface area contributed by atoms with Crippen molar-refractivity contribution < 1.29 is 9.90 Å². The number of benzene rings is 1. The Morgan fingerprint density at radius 2 is 2.05 bits per heavy atom. The number of H-pyrrole nitrogens is 1. The zero-order chi connectivity index (χ0) is 15.7. The molecular weight excluding hydrogens is 302 g/mol. The lowest BCUT2D eigenvalue weighted by Gasteiger charge is -2.24. The Morgan fingerprint density at radius 1 is 1.32 bits per heavy atom. The van der Waals surface area contributed by atoms with Crippen LogP contribution < -0.4 is 10.9 Å². The number of anilines is 1. The Morgan fingerprint density at radius 3 is 2.73 bits per heavy atom. The van der Waals surface area contributed by atoms with E-state index in [2.05, 4.69) is 15.3 Å². The molecule has 2 heterocycles. The molecule has 0 bridgehead atoms. The maximum Gasteiger partial charge on any atom is 0.257 e. The van der Waals surface area contributed by atoms with E-state index in [1.807, 2.05) is 6.92 Å². The average molecular weight is 317 g/mol. The molecule has 0 saturated carbocycles. The molecule has 2 aromatic rings. The highest BCUT2D eigenvalue weighted by atomic mass is 32.2. The monoisotopic (exact) mass is 317 g/mol. The molecule has 3 rings (SSSR count). The van der Waals surface area contributed by atoms with Crippen molar-refractivity contribution >= 4 is 23.5 Å². The van der Waals surface area contributed by atoms with Crippen LogP contribution in [0.1, 0.15) is 30.4 Å². The summed E-state index contributed by atoms with van der Waals surface area (Å²) in [4.78, 5) is 31.4. The van der Waals surface area contributed by atoms with Crippen molar-refractivity contribution in [2.24, 2.45) is 0 Å². The number of aromatic amines is 1. The first-order valence-electron chi connectivity index (χ1n) is 6.94. The Balaban J connectivity index is 2.11. The van der Waals surface area contributed by atoms with Gasteiger partial charge >= 0.3 is 0 Å². The Hall–Kier alpha value is -2.28. The predicted molar refractivity (Wildman–Crippen MR) is 84.5 cm³/mol. The summed E-state index contributed by atoms with van der Waals surface area (Å²) in [6.45, 7) is 1.96. The summed E-state index contributed by atoms with van der Waals surface area (Å²) in [6.07, 6.45) is 0.183. The number of carbonyl (C=O) groups is 1. The molecule has 0 spiro atoms. The van der Waals surface area contributed by atoms with Crippen LogP contribution in [0.2, 0.25) is 0 Å². The number of hydrogen-bond donors (Lipinski definition) is 3. The van der Waals surface area contributed by atoms with Crippen LogP contribution in [0.3, 0.4) is 0 Å². The first-order chi connectivity index (χ1) is 10.6. The molecule has 1 atom stereocenters. The highest BCUT2D eigenvalue weighted by molar-refractivity contribution is 7.99. The van der Waals surface area contributed by atoms with E-state index in [1.165, 1.54) is 11.8 Å². The average Bonchev–Trinajstić information content (AvgIpc) is 2.47. The van der Waals surface area contributed by atoms with Gasteiger partial charge < -0.3 is 15.4 Å². The topological polar surface area (TPSA) is 95.1 Å². The SMILES string of the molecule is CCSc1nc2c(c(=O)[nH]1)C(c1ccc(O)cc1)CC(=O)N2. The van der Waals surface area contributed by atoms with E-state index < -0.39 is 0 Å². The Labute approximate surface area is 131 Å². The van der Waals surface area contributed by atoms with Gasteiger partial charge in [-0.1, -0.05) is 30.8 Å². The molecule has 1 aromatic carbocycles. The second-order valence-corrected chi connectivity index (χ2v) is 6.22. The van der Waals surface area contributed by atoms with Crippen molar-refractivity contribution in [1.29, 1.82) is 0 Å². The Kier molecular flexibility index (Phi) is 3.89. The molecule has 1 aromatic heterocycles. The molecule has 1 amide bonds. The zero-order valence-corrected chi connectivity index (χ0v) is 12.7. The number of aromatic nitrogens is 2. The maximum absolute atomic E-state index is 12.4. The summed E-state index contributed by atoms with van der Waals surface area (Å²) in [7, 11) is 0. The molecule has 114 valence electrons. The van der Waals surface area contributed by atoms with Crippen LogP contribution in [0.15, 0.2) is 34.2 Å². The van der Waals surface area contributed by atoms with Crippen LogP contribution in [0.25, 0.3) is 0 Å². The van der Waals surface area contributed by atoms with Crippen LogP contribution in [0.4, 0.5) is 5.82 Å². The molecule has 3 N–H and O–H groups in total. The number of thioether (sulfide) groups is 1. The third-order valence-electron chi connectivity index (χ3n) is 3.51. The van der Waals surface area contributed by atoms with Crippen LogP contribution in [-0.2, 0) is 4.79 Å². The number of nitrogens with zero attached hydrogens (tertiary/aromatic N) is 1. The summed E-state index contributed by atoms with van der Waals surface area (Å²) >= 11 is 1.41. The van der Waals surface area contributed by atoms with Crippen molar-refractivity contribution in [1.82, 2.24) is 9.97 Å². The van der Waals surface area contributed by atoms with Gasteiger partial charge in [-0.3, -0.25) is 9.59 Å². The second kappa shape index (κ2) is 5.84. The second-order valence-electron chi connectivity index (χ2n) is 4.96. The number of aromatic hydroxyl groups is 1. The van der Waals surface area contributed by atoms with Gasteiger partial charge in [-0.15, -0.1) is 0 Å². The molecule has 7 heteroatoms. The molecule has 0 saturated heterocycles. The minimum Gasteiger partial charge on any atom is -0.508 e. The van der Waals surface area contributed by atoms with Crippen molar-refractivity contribution in [3.05, 3.63) is 45.7 Å². The largest absolute Gasteiger partial charge is 0.508 e. The van der Waals surface area contributed by atoms with E-state index in [4.69, 9.17) is 0 Å². The van der Waals surface area contributed by atoms with E-state index in [9.17, 15) is 14.7 Å². The van der Waals surface area contributed by atoms with Gasteiger partial charge in [0.25, 0.3) is 5.56 Å². The smallest absolute Gasteiger partial charge is 0.257 e. The zero-order valence-electron chi connectivity index (χ0n) is 11.9. The lowest BCUT2D eigenvalue weighted by molar-refractivity contribution is -0.116. The highest BCUT2D eigenvalue weighted by Gasteiger charge is 2.30.